The van der Waals surface area contributed by atoms with Crippen LogP contribution in [-0.2, 0) is 11.2 Å². The number of benzene rings is 1. The highest BCUT2D eigenvalue weighted by Gasteiger charge is 2.60. The third kappa shape index (κ3) is 3.38. The van der Waals surface area contributed by atoms with Crippen LogP contribution in [0.1, 0.15) is 31.2 Å². The molecule has 2 rings (SSSR count). The molecule has 0 saturated heterocycles. The van der Waals surface area contributed by atoms with Crippen molar-refractivity contribution in [3.05, 3.63) is 29.8 Å². The number of alkyl halides is 2. The number of halogens is 2. The lowest BCUT2D eigenvalue weighted by atomic mass is 9.75. The van der Waals surface area contributed by atoms with Gasteiger partial charge < -0.3 is 15.2 Å². The fourth-order valence-electron chi connectivity index (χ4n) is 2.47. The molecule has 0 heterocycles. The zero-order valence-electron chi connectivity index (χ0n) is 12.6. The molecule has 1 aromatic rings. The second-order valence-electron chi connectivity index (χ2n) is 5.67. The van der Waals surface area contributed by atoms with E-state index in [1.54, 1.807) is 7.11 Å². The normalized spacial score (nSPS) is 16.7. The Morgan fingerprint density at radius 2 is 2.18 bits per heavy atom. The lowest BCUT2D eigenvalue weighted by molar-refractivity contribution is -0.215. The van der Waals surface area contributed by atoms with Crippen molar-refractivity contribution in [1.29, 1.82) is 0 Å². The molecule has 1 aromatic carbocycles. The van der Waals surface area contributed by atoms with Gasteiger partial charge in [0.25, 0.3) is 5.91 Å². The molecule has 22 heavy (non-hydrogen) atoms. The lowest BCUT2D eigenvalue weighted by Gasteiger charge is -2.41. The summed E-state index contributed by atoms with van der Waals surface area (Å²) in [4.78, 5) is 11.6. The topological polar surface area (TPSA) is 58.6 Å². The summed E-state index contributed by atoms with van der Waals surface area (Å²) in [7, 11) is 1.58. The van der Waals surface area contributed by atoms with Crippen molar-refractivity contribution in [1.82, 2.24) is 5.32 Å². The number of carbonyl (C=O) groups is 1. The first-order valence-electron chi connectivity index (χ1n) is 7.40. The Bertz CT molecular complexity index is 530. The number of amides is 1. The first-order chi connectivity index (χ1) is 10.4. The molecule has 1 fully saturated rings. The zero-order valence-corrected chi connectivity index (χ0v) is 12.6. The quantitative estimate of drug-likeness (QED) is 0.759. The van der Waals surface area contributed by atoms with E-state index in [1.807, 2.05) is 24.3 Å². The summed E-state index contributed by atoms with van der Waals surface area (Å²) in [6.45, 7) is 0.141. The summed E-state index contributed by atoms with van der Waals surface area (Å²) in [6.07, 6.45) is 1.64. The highest BCUT2D eigenvalue weighted by Crippen LogP contribution is 2.44. The van der Waals surface area contributed by atoms with Gasteiger partial charge in [-0.3, -0.25) is 4.79 Å². The van der Waals surface area contributed by atoms with Gasteiger partial charge in [-0.1, -0.05) is 12.1 Å². The van der Waals surface area contributed by atoms with E-state index in [-0.39, 0.29) is 19.4 Å². The van der Waals surface area contributed by atoms with Crippen LogP contribution in [0.2, 0.25) is 0 Å². The van der Waals surface area contributed by atoms with E-state index in [4.69, 9.17) is 4.74 Å². The summed E-state index contributed by atoms with van der Waals surface area (Å²) in [5, 5.41) is 11.9. The molecule has 6 heteroatoms. The van der Waals surface area contributed by atoms with Crippen LogP contribution >= 0.6 is 0 Å². The molecule has 122 valence electrons. The second-order valence-corrected chi connectivity index (χ2v) is 5.67. The van der Waals surface area contributed by atoms with Crippen LogP contribution in [0.5, 0.6) is 5.75 Å². The highest BCUT2D eigenvalue weighted by molar-refractivity contribution is 5.85. The third-order valence-corrected chi connectivity index (χ3v) is 4.11. The maximum absolute atomic E-state index is 13.8. The van der Waals surface area contributed by atoms with Crippen LogP contribution in [0.15, 0.2) is 24.3 Å². The number of nitrogens with one attached hydrogen (secondary N) is 1. The molecule has 1 aliphatic carbocycles. The van der Waals surface area contributed by atoms with Gasteiger partial charge in [-0.2, -0.15) is 8.78 Å². The van der Waals surface area contributed by atoms with Gasteiger partial charge in [-0.25, -0.2) is 0 Å². The van der Waals surface area contributed by atoms with E-state index in [0.29, 0.717) is 19.3 Å². The number of methoxy groups -OCH3 is 1. The molecule has 0 aromatic heterocycles. The molecule has 0 atom stereocenters. The van der Waals surface area contributed by atoms with Crippen LogP contribution in [0.4, 0.5) is 8.78 Å². The van der Waals surface area contributed by atoms with Gasteiger partial charge in [0.15, 0.2) is 0 Å². The molecule has 4 nitrogen and oxygen atoms in total. The minimum atomic E-state index is -3.72. The van der Waals surface area contributed by atoms with Crippen molar-refractivity contribution in [3.8, 4) is 5.75 Å². The van der Waals surface area contributed by atoms with Crippen molar-refractivity contribution in [3.63, 3.8) is 0 Å². The van der Waals surface area contributed by atoms with Crippen LogP contribution in [0.3, 0.4) is 0 Å². The number of carbonyl (C=O) groups excluding carboxylic acids is 1. The minimum Gasteiger partial charge on any atom is -0.497 e. The van der Waals surface area contributed by atoms with Gasteiger partial charge in [0.2, 0.25) is 0 Å². The Hall–Kier alpha value is -1.69. The molecule has 1 saturated carbocycles. The number of rotatable bonds is 7. The molecule has 2 N–H and O–H groups in total. The first kappa shape index (κ1) is 16.7. The second kappa shape index (κ2) is 6.60. The molecule has 0 radical (unpaired) electrons. The Kier molecular flexibility index (Phi) is 5.01. The maximum atomic E-state index is 13.8. The fraction of sp³-hybridized carbons (Fsp3) is 0.562. The monoisotopic (exact) mass is 313 g/mol. The summed E-state index contributed by atoms with van der Waals surface area (Å²) in [6, 6.07) is 7.46. The van der Waals surface area contributed by atoms with E-state index >= 15 is 0 Å². The zero-order chi connectivity index (χ0) is 16.2. The predicted molar refractivity (Wildman–Crippen MR) is 78.1 cm³/mol. The van der Waals surface area contributed by atoms with E-state index < -0.39 is 17.4 Å². The molecule has 0 unspecified atom stereocenters. The van der Waals surface area contributed by atoms with Gasteiger partial charge in [0, 0.05) is 6.54 Å². The summed E-state index contributed by atoms with van der Waals surface area (Å²) in [5.41, 5.74) is -1.15. The predicted octanol–water partition coefficient (Wildman–Crippen LogP) is 2.29. The first-order valence-corrected chi connectivity index (χ1v) is 7.40. The standard InChI is InChI=1S/C16H21F2NO3/c1-22-13-7-2-5-12(11-13)6-3-10-19-14(20)16(17,18)15(21)8-4-9-15/h2,5,7,11,21H,3-4,6,8-10H2,1H3,(H,19,20). The highest BCUT2D eigenvalue weighted by atomic mass is 19.3. The molecular formula is C16H21F2NO3. The Balaban J connectivity index is 1.77. The smallest absolute Gasteiger partial charge is 0.352 e. The average molecular weight is 313 g/mol. The van der Waals surface area contributed by atoms with Gasteiger partial charge in [0.1, 0.15) is 11.4 Å². The number of aryl methyl sites for hydroxylation is 1. The Labute approximate surface area is 128 Å². The average Bonchev–Trinajstić information content (AvgIpc) is 2.48. The SMILES string of the molecule is COc1cccc(CCCNC(=O)C(F)(F)C2(O)CCC2)c1. The molecule has 1 amide bonds. The lowest BCUT2D eigenvalue weighted by Crippen LogP contribution is -2.60. The summed E-state index contributed by atoms with van der Waals surface area (Å²) in [5.74, 6) is -4.37. The summed E-state index contributed by atoms with van der Waals surface area (Å²) >= 11 is 0. The Morgan fingerprint density at radius 1 is 1.45 bits per heavy atom. The van der Waals surface area contributed by atoms with Crippen LogP contribution in [0.25, 0.3) is 0 Å². The van der Waals surface area contributed by atoms with E-state index in [2.05, 4.69) is 5.32 Å². The summed E-state index contributed by atoms with van der Waals surface area (Å²) < 4.78 is 32.7. The number of ether oxygens (including phenoxy) is 1. The van der Waals surface area contributed by atoms with E-state index in [0.717, 1.165) is 11.3 Å². The molecular weight excluding hydrogens is 292 g/mol. The van der Waals surface area contributed by atoms with Gasteiger partial charge in [-0.05, 0) is 49.8 Å². The van der Waals surface area contributed by atoms with Crippen LogP contribution < -0.4 is 10.1 Å². The van der Waals surface area contributed by atoms with Gasteiger partial charge >= 0.3 is 5.92 Å². The van der Waals surface area contributed by atoms with E-state index in [9.17, 15) is 18.7 Å². The van der Waals surface area contributed by atoms with Crippen molar-refractivity contribution >= 4 is 5.91 Å². The van der Waals surface area contributed by atoms with Crippen molar-refractivity contribution < 1.29 is 23.4 Å². The molecule has 0 bridgehead atoms. The van der Waals surface area contributed by atoms with Crippen LogP contribution in [-0.4, -0.2) is 36.2 Å². The van der Waals surface area contributed by atoms with Crippen molar-refractivity contribution in [2.75, 3.05) is 13.7 Å². The molecule has 0 spiro atoms. The van der Waals surface area contributed by atoms with Crippen molar-refractivity contribution in [2.24, 2.45) is 0 Å². The Morgan fingerprint density at radius 3 is 2.77 bits per heavy atom. The fourth-order valence-corrected chi connectivity index (χ4v) is 2.47. The largest absolute Gasteiger partial charge is 0.497 e. The van der Waals surface area contributed by atoms with Gasteiger partial charge in [-0.15, -0.1) is 0 Å². The van der Waals surface area contributed by atoms with Crippen LogP contribution in [0, 0.1) is 0 Å². The molecule has 1 aliphatic rings. The number of aliphatic hydroxyl groups is 1. The number of hydrogen-bond donors (Lipinski definition) is 2. The maximum Gasteiger partial charge on any atom is 0.352 e. The molecule has 0 aliphatic heterocycles. The third-order valence-electron chi connectivity index (χ3n) is 4.11. The van der Waals surface area contributed by atoms with Gasteiger partial charge in [0.05, 0.1) is 7.11 Å². The number of hydrogen-bond acceptors (Lipinski definition) is 3. The van der Waals surface area contributed by atoms with Crippen molar-refractivity contribution in [2.45, 2.75) is 43.6 Å². The van der Waals surface area contributed by atoms with E-state index in [1.165, 1.54) is 0 Å². The minimum absolute atomic E-state index is 0.0305.